The molecule has 46 valence electrons. The van der Waals surface area contributed by atoms with Crippen LogP contribution in [0.5, 0.6) is 0 Å². The zero-order chi connectivity index (χ0) is 6.27. The van der Waals surface area contributed by atoms with Gasteiger partial charge in [0, 0.05) is 10.3 Å². The maximum absolute atomic E-state index is 3.89. The summed E-state index contributed by atoms with van der Waals surface area (Å²) in [5.41, 5.74) is 0. The fourth-order valence-corrected chi connectivity index (χ4v) is 1.71. The van der Waals surface area contributed by atoms with Crippen LogP contribution in [0.3, 0.4) is 0 Å². The highest BCUT2D eigenvalue weighted by Crippen LogP contribution is 2.21. The fourth-order valence-electron chi connectivity index (χ4n) is 0.878. The number of aryl methyl sites for hydroxylation is 1. The van der Waals surface area contributed by atoms with Gasteiger partial charge in [-0.25, -0.2) is 0 Å². The standard InChI is InChI=1S/C6H6N2S/c1-4-2-5-3-7-8-6(5)9-4/h2-3H,1H3,(H,7,8). The minimum absolute atomic E-state index is 1.17. The molecule has 0 unspecified atom stereocenters. The summed E-state index contributed by atoms with van der Waals surface area (Å²) in [5, 5.41) is 8.02. The van der Waals surface area contributed by atoms with Crippen LogP contribution in [0.25, 0.3) is 10.2 Å². The number of H-pyrrole nitrogens is 1. The first-order valence-electron chi connectivity index (χ1n) is 2.76. The topological polar surface area (TPSA) is 28.7 Å². The van der Waals surface area contributed by atoms with E-state index in [4.69, 9.17) is 0 Å². The van der Waals surface area contributed by atoms with Crippen molar-refractivity contribution in [2.24, 2.45) is 0 Å². The summed E-state index contributed by atoms with van der Waals surface area (Å²) in [6.45, 7) is 2.10. The molecule has 0 aliphatic carbocycles. The Labute approximate surface area is 56.5 Å². The maximum Gasteiger partial charge on any atom is 0.118 e. The fraction of sp³-hybridized carbons (Fsp3) is 0.167. The van der Waals surface area contributed by atoms with Gasteiger partial charge < -0.3 is 0 Å². The SMILES string of the molecule is Cc1cc2cn[nH]c2s1. The highest BCUT2D eigenvalue weighted by Gasteiger charge is 1.96. The van der Waals surface area contributed by atoms with Crippen molar-refractivity contribution < 1.29 is 0 Å². The molecule has 2 nitrogen and oxygen atoms in total. The van der Waals surface area contributed by atoms with Crippen LogP contribution in [0.2, 0.25) is 0 Å². The number of rotatable bonds is 0. The van der Waals surface area contributed by atoms with Crippen LogP contribution in [-0.4, -0.2) is 10.2 Å². The van der Waals surface area contributed by atoms with E-state index in [0.717, 1.165) is 0 Å². The van der Waals surface area contributed by atoms with Crippen molar-refractivity contribution in [1.82, 2.24) is 10.2 Å². The van der Waals surface area contributed by atoms with Crippen molar-refractivity contribution in [2.45, 2.75) is 6.92 Å². The third-order valence-corrected chi connectivity index (χ3v) is 2.22. The average Bonchev–Trinajstić information content (AvgIpc) is 2.22. The monoisotopic (exact) mass is 138 g/mol. The van der Waals surface area contributed by atoms with Gasteiger partial charge in [-0.3, -0.25) is 5.10 Å². The van der Waals surface area contributed by atoms with E-state index in [1.54, 1.807) is 11.3 Å². The minimum atomic E-state index is 1.17. The average molecular weight is 138 g/mol. The van der Waals surface area contributed by atoms with Crippen LogP contribution >= 0.6 is 11.3 Å². The summed E-state index contributed by atoms with van der Waals surface area (Å²) in [4.78, 5) is 2.51. The first-order valence-corrected chi connectivity index (χ1v) is 3.57. The van der Waals surface area contributed by atoms with Gasteiger partial charge in [-0.15, -0.1) is 11.3 Å². The third-order valence-electron chi connectivity index (χ3n) is 1.25. The summed E-state index contributed by atoms with van der Waals surface area (Å²) in [6, 6.07) is 2.13. The molecular weight excluding hydrogens is 132 g/mol. The van der Waals surface area contributed by atoms with Crippen LogP contribution in [-0.2, 0) is 0 Å². The summed E-state index contributed by atoms with van der Waals surface area (Å²) in [6.07, 6.45) is 1.85. The van der Waals surface area contributed by atoms with Gasteiger partial charge >= 0.3 is 0 Å². The first-order chi connectivity index (χ1) is 4.36. The van der Waals surface area contributed by atoms with E-state index in [1.807, 2.05) is 6.20 Å². The van der Waals surface area contributed by atoms with Gasteiger partial charge in [0.2, 0.25) is 0 Å². The smallest absolute Gasteiger partial charge is 0.118 e. The van der Waals surface area contributed by atoms with Gasteiger partial charge in [-0.2, -0.15) is 5.10 Å². The molecule has 0 radical (unpaired) electrons. The van der Waals surface area contributed by atoms with Crippen molar-refractivity contribution in [1.29, 1.82) is 0 Å². The van der Waals surface area contributed by atoms with Gasteiger partial charge in [-0.05, 0) is 13.0 Å². The summed E-state index contributed by atoms with van der Waals surface area (Å²) in [5.74, 6) is 0. The molecule has 0 aliphatic heterocycles. The number of hydrogen-bond acceptors (Lipinski definition) is 2. The van der Waals surface area contributed by atoms with E-state index in [1.165, 1.54) is 15.1 Å². The van der Waals surface area contributed by atoms with E-state index in [9.17, 15) is 0 Å². The second-order valence-electron chi connectivity index (χ2n) is 2.01. The highest BCUT2D eigenvalue weighted by molar-refractivity contribution is 7.18. The Morgan fingerprint density at radius 2 is 2.56 bits per heavy atom. The Balaban J connectivity index is 2.92. The molecule has 0 spiro atoms. The van der Waals surface area contributed by atoms with Crippen molar-refractivity contribution >= 4 is 21.6 Å². The first kappa shape index (κ1) is 4.99. The number of hydrogen-bond donors (Lipinski definition) is 1. The molecule has 2 rings (SSSR count). The molecule has 9 heavy (non-hydrogen) atoms. The molecule has 3 heteroatoms. The quantitative estimate of drug-likeness (QED) is 0.592. The lowest BCUT2D eigenvalue weighted by Gasteiger charge is -1.70. The number of nitrogens with one attached hydrogen (secondary N) is 1. The van der Waals surface area contributed by atoms with Crippen molar-refractivity contribution in [3.63, 3.8) is 0 Å². The van der Waals surface area contributed by atoms with Gasteiger partial charge in [-0.1, -0.05) is 0 Å². The lowest BCUT2D eigenvalue weighted by molar-refractivity contribution is 1.12. The molecule has 0 amide bonds. The molecule has 2 aromatic rings. The van der Waals surface area contributed by atoms with E-state index < -0.39 is 0 Å². The van der Waals surface area contributed by atoms with Gasteiger partial charge in [0.15, 0.2) is 0 Å². The van der Waals surface area contributed by atoms with Gasteiger partial charge in [0.05, 0.1) is 6.20 Å². The van der Waals surface area contributed by atoms with Crippen LogP contribution in [0.4, 0.5) is 0 Å². The second kappa shape index (κ2) is 1.57. The number of fused-ring (bicyclic) bond motifs is 1. The molecule has 0 atom stereocenters. The number of nitrogens with zero attached hydrogens (tertiary/aromatic N) is 1. The summed E-state index contributed by atoms with van der Waals surface area (Å²) < 4.78 is 0. The Kier molecular flexibility index (Phi) is 0.873. The van der Waals surface area contributed by atoms with Crippen LogP contribution in [0.15, 0.2) is 12.3 Å². The van der Waals surface area contributed by atoms with Gasteiger partial charge in [0.25, 0.3) is 0 Å². The highest BCUT2D eigenvalue weighted by atomic mass is 32.1. The zero-order valence-electron chi connectivity index (χ0n) is 5.01. The third kappa shape index (κ3) is 0.650. The Morgan fingerprint density at radius 1 is 1.67 bits per heavy atom. The minimum Gasteiger partial charge on any atom is -0.268 e. The molecular formula is C6H6N2S. The van der Waals surface area contributed by atoms with Crippen molar-refractivity contribution in [3.05, 3.63) is 17.1 Å². The molecule has 0 aliphatic rings. The Bertz CT molecular complexity index is 292. The molecule has 1 N–H and O–H groups in total. The van der Waals surface area contributed by atoms with Crippen molar-refractivity contribution in [2.75, 3.05) is 0 Å². The predicted molar refractivity (Wildman–Crippen MR) is 38.7 cm³/mol. The molecule has 0 saturated carbocycles. The molecule has 0 bridgehead atoms. The second-order valence-corrected chi connectivity index (χ2v) is 3.27. The Hall–Kier alpha value is -0.830. The largest absolute Gasteiger partial charge is 0.268 e. The zero-order valence-corrected chi connectivity index (χ0v) is 5.83. The van der Waals surface area contributed by atoms with E-state index in [0.29, 0.717) is 0 Å². The predicted octanol–water partition coefficient (Wildman–Crippen LogP) is 1.93. The Morgan fingerprint density at radius 3 is 3.33 bits per heavy atom. The maximum atomic E-state index is 3.89. The molecule has 0 fully saturated rings. The van der Waals surface area contributed by atoms with Crippen LogP contribution in [0, 0.1) is 6.92 Å². The van der Waals surface area contributed by atoms with E-state index in [-0.39, 0.29) is 0 Å². The molecule has 2 aromatic heterocycles. The lowest BCUT2D eigenvalue weighted by Crippen LogP contribution is -1.58. The number of aromatic amines is 1. The normalized spacial score (nSPS) is 10.8. The lowest BCUT2D eigenvalue weighted by atomic mass is 10.4. The number of aromatic nitrogens is 2. The van der Waals surface area contributed by atoms with Crippen molar-refractivity contribution in [3.8, 4) is 0 Å². The molecule has 2 heterocycles. The summed E-state index contributed by atoms with van der Waals surface area (Å²) >= 11 is 1.74. The number of thiophene rings is 1. The van der Waals surface area contributed by atoms with E-state index >= 15 is 0 Å². The van der Waals surface area contributed by atoms with Crippen LogP contribution < -0.4 is 0 Å². The molecule has 0 aromatic carbocycles. The van der Waals surface area contributed by atoms with E-state index in [2.05, 4.69) is 23.2 Å². The molecule has 0 saturated heterocycles. The van der Waals surface area contributed by atoms with Crippen LogP contribution in [0.1, 0.15) is 4.88 Å². The summed E-state index contributed by atoms with van der Waals surface area (Å²) in [7, 11) is 0. The van der Waals surface area contributed by atoms with Gasteiger partial charge in [0.1, 0.15) is 4.83 Å².